The maximum absolute atomic E-state index is 12.5. The monoisotopic (exact) mass is 395 g/mol. The van der Waals surface area contributed by atoms with E-state index in [1.54, 1.807) is 0 Å². The molecule has 1 fully saturated rings. The second-order valence-corrected chi connectivity index (χ2v) is 6.49. The van der Waals surface area contributed by atoms with Crippen molar-refractivity contribution < 1.29 is 4.79 Å². The predicted octanol–water partition coefficient (Wildman–Crippen LogP) is 3.27. The number of aromatic nitrogens is 1. The number of hydrogen-bond donors (Lipinski definition) is 2. The summed E-state index contributed by atoms with van der Waals surface area (Å²) in [7, 11) is 0. The lowest BCUT2D eigenvalue weighted by molar-refractivity contribution is 0.101. The smallest absolute Gasteiger partial charge is 0.272 e. The van der Waals surface area contributed by atoms with Crippen molar-refractivity contribution in [2.24, 2.45) is 0 Å². The summed E-state index contributed by atoms with van der Waals surface area (Å²) in [4.78, 5) is 12.5. The van der Waals surface area contributed by atoms with Crippen LogP contribution in [0.25, 0.3) is 0 Å². The highest BCUT2D eigenvalue weighted by Gasteiger charge is 2.19. The number of amides is 1. The number of benzene rings is 1. The number of nitrogens with zero attached hydrogens (tertiary/aromatic N) is 1. The number of hydrogen-bond acceptors (Lipinski definition) is 2. The van der Waals surface area contributed by atoms with Crippen molar-refractivity contribution >= 4 is 34.2 Å². The number of nitrogens with one attached hydrogen (secondary N) is 2. The van der Waals surface area contributed by atoms with Crippen molar-refractivity contribution in [2.75, 3.05) is 18.4 Å². The molecule has 21 heavy (non-hydrogen) atoms. The molecule has 0 radical (unpaired) electrons. The molecule has 0 atom stereocenters. The van der Waals surface area contributed by atoms with Gasteiger partial charge in [0.05, 0.1) is 0 Å². The Morgan fingerprint density at radius 1 is 1.24 bits per heavy atom. The average Bonchev–Trinajstić information content (AvgIpc) is 2.98. The van der Waals surface area contributed by atoms with Gasteiger partial charge in [0, 0.05) is 21.5 Å². The molecule has 1 amide bonds. The van der Waals surface area contributed by atoms with Gasteiger partial charge in [-0.2, -0.15) is 0 Å². The van der Waals surface area contributed by atoms with Crippen LogP contribution in [-0.2, 0) is 0 Å². The van der Waals surface area contributed by atoms with Gasteiger partial charge in [0.2, 0.25) is 0 Å². The van der Waals surface area contributed by atoms with Crippen LogP contribution < -0.4 is 10.6 Å². The fourth-order valence-corrected chi connectivity index (χ4v) is 3.29. The van der Waals surface area contributed by atoms with Gasteiger partial charge < -0.3 is 15.2 Å². The highest BCUT2D eigenvalue weighted by Crippen LogP contribution is 2.22. The highest BCUT2D eigenvalue weighted by atomic mass is 127. The van der Waals surface area contributed by atoms with Gasteiger partial charge in [0.15, 0.2) is 0 Å². The highest BCUT2D eigenvalue weighted by molar-refractivity contribution is 14.1. The van der Waals surface area contributed by atoms with Crippen LogP contribution in [0.3, 0.4) is 0 Å². The Morgan fingerprint density at radius 2 is 2.05 bits per heavy atom. The van der Waals surface area contributed by atoms with E-state index in [4.69, 9.17) is 0 Å². The Labute approximate surface area is 138 Å². The van der Waals surface area contributed by atoms with Crippen molar-refractivity contribution in [3.63, 3.8) is 0 Å². The molecule has 2 aromatic rings. The molecule has 1 aliphatic rings. The third-order valence-electron chi connectivity index (χ3n) is 3.80. The van der Waals surface area contributed by atoms with E-state index < -0.39 is 0 Å². The van der Waals surface area contributed by atoms with Crippen LogP contribution in [0.1, 0.15) is 29.4 Å². The molecule has 0 spiro atoms. The SMILES string of the molecule is O=C(Nc1cccc(I)c1)c1cccn1C1CCNCC1. The van der Waals surface area contributed by atoms with E-state index in [2.05, 4.69) is 37.8 Å². The summed E-state index contributed by atoms with van der Waals surface area (Å²) in [6.07, 6.45) is 4.15. The summed E-state index contributed by atoms with van der Waals surface area (Å²) >= 11 is 2.24. The number of anilines is 1. The Kier molecular flexibility index (Phi) is 4.60. The lowest BCUT2D eigenvalue weighted by Crippen LogP contribution is -2.31. The average molecular weight is 395 g/mol. The van der Waals surface area contributed by atoms with Crippen LogP contribution in [-0.4, -0.2) is 23.6 Å². The molecule has 2 heterocycles. The zero-order valence-electron chi connectivity index (χ0n) is 11.7. The van der Waals surface area contributed by atoms with E-state index >= 15 is 0 Å². The summed E-state index contributed by atoms with van der Waals surface area (Å²) in [6, 6.07) is 12.1. The van der Waals surface area contributed by atoms with Crippen LogP contribution >= 0.6 is 22.6 Å². The lowest BCUT2D eigenvalue weighted by atomic mass is 10.1. The summed E-state index contributed by atoms with van der Waals surface area (Å²) in [5.41, 5.74) is 1.57. The van der Waals surface area contributed by atoms with E-state index in [1.165, 1.54) is 0 Å². The molecule has 1 saturated heterocycles. The molecule has 5 heteroatoms. The molecule has 110 valence electrons. The van der Waals surface area contributed by atoms with Gasteiger partial charge in [-0.25, -0.2) is 0 Å². The minimum Gasteiger partial charge on any atom is -0.340 e. The van der Waals surface area contributed by atoms with Gasteiger partial charge in [0.1, 0.15) is 5.69 Å². The number of carbonyl (C=O) groups excluding carboxylic acids is 1. The van der Waals surface area contributed by atoms with Gasteiger partial charge in [0.25, 0.3) is 5.91 Å². The van der Waals surface area contributed by atoms with E-state index in [9.17, 15) is 4.79 Å². The molecule has 1 aromatic carbocycles. The fraction of sp³-hybridized carbons (Fsp3) is 0.312. The zero-order chi connectivity index (χ0) is 14.7. The van der Waals surface area contributed by atoms with E-state index in [0.717, 1.165) is 40.9 Å². The number of carbonyl (C=O) groups is 1. The first-order chi connectivity index (χ1) is 10.2. The molecule has 0 bridgehead atoms. The van der Waals surface area contributed by atoms with E-state index in [-0.39, 0.29) is 5.91 Å². The fourth-order valence-electron chi connectivity index (χ4n) is 2.75. The van der Waals surface area contributed by atoms with Crippen molar-refractivity contribution in [3.8, 4) is 0 Å². The van der Waals surface area contributed by atoms with Gasteiger partial charge in [-0.15, -0.1) is 0 Å². The molecule has 1 aromatic heterocycles. The number of rotatable bonds is 3. The van der Waals surface area contributed by atoms with Gasteiger partial charge in [-0.3, -0.25) is 4.79 Å². The summed E-state index contributed by atoms with van der Waals surface area (Å²) in [6.45, 7) is 2.03. The summed E-state index contributed by atoms with van der Waals surface area (Å²) in [5, 5.41) is 6.34. The predicted molar refractivity (Wildman–Crippen MR) is 92.7 cm³/mol. The molecule has 0 unspecified atom stereocenters. The summed E-state index contributed by atoms with van der Waals surface area (Å²) in [5.74, 6) is -0.0412. The first-order valence-corrected chi connectivity index (χ1v) is 8.26. The standard InChI is InChI=1S/C16H18IN3O/c17-12-3-1-4-13(11-12)19-16(21)15-5-2-10-20(15)14-6-8-18-9-7-14/h1-5,10-11,14,18H,6-9H2,(H,19,21). The number of piperidine rings is 1. The molecular weight excluding hydrogens is 377 g/mol. The van der Waals surface area contributed by atoms with Crippen LogP contribution in [0.5, 0.6) is 0 Å². The van der Waals surface area contributed by atoms with Crippen LogP contribution in [0, 0.1) is 3.57 Å². The first-order valence-electron chi connectivity index (χ1n) is 7.18. The van der Waals surface area contributed by atoms with Crippen LogP contribution in [0.15, 0.2) is 42.6 Å². The Hall–Kier alpha value is -1.34. The third kappa shape index (κ3) is 3.47. The van der Waals surface area contributed by atoms with Crippen molar-refractivity contribution in [1.82, 2.24) is 9.88 Å². The van der Waals surface area contributed by atoms with Gasteiger partial charge in [-0.05, 0) is 78.9 Å². The minimum absolute atomic E-state index is 0.0412. The van der Waals surface area contributed by atoms with E-state index in [1.807, 2.05) is 42.6 Å². The minimum atomic E-state index is -0.0412. The van der Waals surface area contributed by atoms with Crippen molar-refractivity contribution in [2.45, 2.75) is 18.9 Å². The molecule has 1 aliphatic heterocycles. The van der Waals surface area contributed by atoms with Gasteiger partial charge in [-0.1, -0.05) is 6.07 Å². The largest absolute Gasteiger partial charge is 0.340 e. The Bertz CT molecular complexity index is 632. The molecule has 2 N–H and O–H groups in total. The Morgan fingerprint density at radius 3 is 2.81 bits per heavy atom. The van der Waals surface area contributed by atoms with Crippen molar-refractivity contribution in [3.05, 3.63) is 51.9 Å². The molecular formula is C16H18IN3O. The van der Waals surface area contributed by atoms with Gasteiger partial charge >= 0.3 is 0 Å². The van der Waals surface area contributed by atoms with E-state index in [0.29, 0.717) is 6.04 Å². The molecule has 3 rings (SSSR count). The quantitative estimate of drug-likeness (QED) is 0.784. The third-order valence-corrected chi connectivity index (χ3v) is 4.47. The topological polar surface area (TPSA) is 46.1 Å². The second kappa shape index (κ2) is 6.62. The first kappa shape index (κ1) is 14.6. The zero-order valence-corrected chi connectivity index (χ0v) is 13.8. The van der Waals surface area contributed by atoms with Crippen LogP contribution in [0.4, 0.5) is 5.69 Å². The number of halogens is 1. The second-order valence-electron chi connectivity index (χ2n) is 5.25. The molecule has 0 saturated carbocycles. The maximum atomic E-state index is 12.5. The molecule has 0 aliphatic carbocycles. The summed E-state index contributed by atoms with van der Waals surface area (Å²) < 4.78 is 3.23. The lowest BCUT2D eigenvalue weighted by Gasteiger charge is -2.25. The van der Waals surface area contributed by atoms with Crippen molar-refractivity contribution in [1.29, 1.82) is 0 Å². The maximum Gasteiger partial charge on any atom is 0.272 e. The Balaban J connectivity index is 1.77. The normalized spacial score (nSPS) is 15.9. The molecule has 4 nitrogen and oxygen atoms in total. The van der Waals surface area contributed by atoms with Crippen LogP contribution in [0.2, 0.25) is 0 Å².